The first kappa shape index (κ1) is 6.74. The van der Waals surface area contributed by atoms with Gasteiger partial charge in [0.15, 0.2) is 0 Å². The minimum atomic E-state index is -0.613. The Morgan fingerprint density at radius 2 is 1.90 bits per heavy atom. The van der Waals surface area contributed by atoms with Gasteiger partial charge in [0.2, 0.25) is 0 Å². The fourth-order valence-electron chi connectivity index (χ4n) is 0.596. The van der Waals surface area contributed by atoms with Crippen LogP contribution >= 0.6 is 0 Å². The molecule has 0 radical (unpaired) electrons. The van der Waals surface area contributed by atoms with Crippen molar-refractivity contribution in [1.82, 2.24) is 0 Å². The van der Waals surface area contributed by atoms with Crippen molar-refractivity contribution in [3.05, 3.63) is 44.6 Å². The van der Waals surface area contributed by atoms with Crippen LogP contribution in [0.1, 0.15) is 5.56 Å². The number of hydrogen-bond acceptors (Lipinski definition) is 3. The molecule has 0 unspecified atom stereocenters. The predicted molar refractivity (Wildman–Crippen MR) is 36.0 cm³/mol. The van der Waals surface area contributed by atoms with E-state index in [4.69, 9.17) is 0 Å². The normalized spacial score (nSPS) is 9.30. The SMILES string of the molecule is Cc1ccc(=O)oc(=O)c1. The Morgan fingerprint density at radius 1 is 1.20 bits per heavy atom. The van der Waals surface area contributed by atoms with Crippen LogP contribution in [-0.2, 0) is 0 Å². The lowest BCUT2D eigenvalue weighted by molar-refractivity contribution is 0.480. The second-order valence-corrected chi connectivity index (χ2v) is 1.96. The van der Waals surface area contributed by atoms with Gasteiger partial charge < -0.3 is 4.42 Å². The second-order valence-electron chi connectivity index (χ2n) is 1.96. The highest BCUT2D eigenvalue weighted by molar-refractivity contribution is 5.05. The Kier molecular flexibility index (Phi) is 1.67. The standard InChI is InChI=1S/C7H6O3/c1-5-2-3-6(8)10-7(9)4-5/h2-4H,1H3. The first-order valence-corrected chi connectivity index (χ1v) is 2.80. The summed E-state index contributed by atoms with van der Waals surface area (Å²) >= 11 is 0. The van der Waals surface area contributed by atoms with Gasteiger partial charge in [-0.05, 0) is 12.5 Å². The van der Waals surface area contributed by atoms with E-state index >= 15 is 0 Å². The van der Waals surface area contributed by atoms with Crippen molar-refractivity contribution in [2.45, 2.75) is 6.92 Å². The molecule has 0 aliphatic carbocycles. The topological polar surface area (TPSA) is 47.3 Å². The van der Waals surface area contributed by atoms with E-state index in [0.29, 0.717) is 0 Å². The maximum Gasteiger partial charge on any atom is 0.338 e. The molecule has 0 aromatic carbocycles. The van der Waals surface area contributed by atoms with Crippen molar-refractivity contribution >= 4 is 0 Å². The van der Waals surface area contributed by atoms with Crippen LogP contribution in [0.2, 0.25) is 0 Å². The lowest BCUT2D eigenvalue weighted by Crippen LogP contribution is -2.01. The second kappa shape index (κ2) is 2.47. The zero-order valence-corrected chi connectivity index (χ0v) is 5.46. The van der Waals surface area contributed by atoms with Crippen LogP contribution in [-0.4, -0.2) is 0 Å². The molecule has 1 heterocycles. The summed E-state index contributed by atoms with van der Waals surface area (Å²) in [5, 5.41) is 0. The third-order valence-electron chi connectivity index (χ3n) is 1.03. The van der Waals surface area contributed by atoms with E-state index in [1.54, 1.807) is 6.92 Å². The van der Waals surface area contributed by atoms with Gasteiger partial charge in [-0.15, -0.1) is 0 Å². The highest BCUT2D eigenvalue weighted by atomic mass is 16.4. The molecule has 0 aliphatic rings. The Morgan fingerprint density at radius 3 is 2.60 bits per heavy atom. The molecule has 1 rings (SSSR count). The van der Waals surface area contributed by atoms with Gasteiger partial charge in [-0.25, -0.2) is 9.59 Å². The van der Waals surface area contributed by atoms with Gasteiger partial charge in [0.1, 0.15) is 0 Å². The van der Waals surface area contributed by atoms with Crippen LogP contribution in [0.15, 0.2) is 32.2 Å². The third kappa shape index (κ3) is 1.55. The van der Waals surface area contributed by atoms with Crippen molar-refractivity contribution in [1.29, 1.82) is 0 Å². The molecule has 0 amide bonds. The molecule has 10 heavy (non-hydrogen) atoms. The quantitative estimate of drug-likeness (QED) is 0.518. The van der Waals surface area contributed by atoms with Gasteiger partial charge in [-0.2, -0.15) is 0 Å². The minimum absolute atomic E-state index is 0.604. The van der Waals surface area contributed by atoms with Gasteiger partial charge >= 0.3 is 11.3 Å². The maximum absolute atomic E-state index is 10.5. The molecule has 1 aromatic heterocycles. The summed E-state index contributed by atoms with van der Waals surface area (Å²) in [6, 6.07) is 4.02. The van der Waals surface area contributed by atoms with Gasteiger partial charge in [-0.1, -0.05) is 6.07 Å². The highest BCUT2D eigenvalue weighted by Crippen LogP contribution is 1.83. The molecule has 1 aromatic rings. The Bertz CT molecular complexity index is 337. The van der Waals surface area contributed by atoms with E-state index < -0.39 is 11.3 Å². The van der Waals surface area contributed by atoms with Crippen molar-refractivity contribution in [3.63, 3.8) is 0 Å². The summed E-state index contributed by atoms with van der Waals surface area (Å²) in [5.74, 6) is 0. The molecular formula is C7H6O3. The number of aryl methyl sites for hydroxylation is 1. The summed E-state index contributed by atoms with van der Waals surface area (Å²) in [6.07, 6.45) is 0. The lowest BCUT2D eigenvalue weighted by atomic mass is 10.3. The predicted octanol–water partition coefficient (Wildman–Crippen LogP) is 0.308. The molecule has 3 nitrogen and oxygen atoms in total. The zero-order valence-electron chi connectivity index (χ0n) is 5.46. The molecule has 0 saturated heterocycles. The fraction of sp³-hybridized carbons (Fsp3) is 0.143. The van der Waals surface area contributed by atoms with Crippen LogP contribution < -0.4 is 11.3 Å². The van der Waals surface area contributed by atoms with E-state index in [0.717, 1.165) is 5.56 Å². The summed E-state index contributed by atoms with van der Waals surface area (Å²) < 4.78 is 4.24. The first-order valence-electron chi connectivity index (χ1n) is 2.80. The van der Waals surface area contributed by atoms with Gasteiger partial charge in [0, 0.05) is 12.1 Å². The van der Waals surface area contributed by atoms with Gasteiger partial charge in [-0.3, -0.25) is 0 Å². The van der Waals surface area contributed by atoms with E-state index in [-0.39, 0.29) is 0 Å². The van der Waals surface area contributed by atoms with Crippen LogP contribution in [0.4, 0.5) is 0 Å². The van der Waals surface area contributed by atoms with Crippen molar-refractivity contribution in [3.8, 4) is 0 Å². The molecule has 0 spiro atoms. The van der Waals surface area contributed by atoms with Crippen LogP contribution in [0.3, 0.4) is 0 Å². The lowest BCUT2D eigenvalue weighted by Gasteiger charge is -1.72. The van der Waals surface area contributed by atoms with E-state index in [2.05, 4.69) is 4.42 Å². The summed E-state index contributed by atoms with van der Waals surface area (Å²) in [6.45, 7) is 1.72. The maximum atomic E-state index is 10.5. The number of hydrogen-bond donors (Lipinski definition) is 0. The highest BCUT2D eigenvalue weighted by Gasteiger charge is 1.86. The monoisotopic (exact) mass is 138 g/mol. The van der Waals surface area contributed by atoms with E-state index in [9.17, 15) is 9.59 Å². The Balaban J connectivity index is 3.58. The van der Waals surface area contributed by atoms with Crippen molar-refractivity contribution < 1.29 is 4.42 Å². The molecule has 0 N–H and O–H groups in total. The van der Waals surface area contributed by atoms with Crippen LogP contribution in [0, 0.1) is 6.92 Å². The molecule has 0 fully saturated rings. The summed E-state index contributed by atoms with van der Waals surface area (Å²) in [4.78, 5) is 21.0. The largest absolute Gasteiger partial charge is 0.387 e. The van der Waals surface area contributed by atoms with Crippen molar-refractivity contribution in [2.75, 3.05) is 0 Å². The smallest absolute Gasteiger partial charge is 0.338 e. The molecule has 3 heteroatoms. The molecule has 0 saturated carbocycles. The molecule has 0 atom stereocenters. The molecule has 52 valence electrons. The third-order valence-corrected chi connectivity index (χ3v) is 1.03. The number of rotatable bonds is 0. The molecule has 0 aliphatic heterocycles. The summed E-state index contributed by atoms with van der Waals surface area (Å²) in [7, 11) is 0. The first-order chi connectivity index (χ1) is 4.68. The van der Waals surface area contributed by atoms with E-state index in [1.807, 2.05) is 0 Å². The minimum Gasteiger partial charge on any atom is -0.387 e. The van der Waals surface area contributed by atoms with E-state index in [1.165, 1.54) is 18.2 Å². The summed E-state index contributed by atoms with van der Waals surface area (Å²) in [5.41, 5.74) is -0.499. The fourth-order valence-corrected chi connectivity index (χ4v) is 0.596. The van der Waals surface area contributed by atoms with Crippen LogP contribution in [0.5, 0.6) is 0 Å². The van der Waals surface area contributed by atoms with Gasteiger partial charge in [0.25, 0.3) is 0 Å². The van der Waals surface area contributed by atoms with Gasteiger partial charge in [0.05, 0.1) is 0 Å². The van der Waals surface area contributed by atoms with Crippen LogP contribution in [0.25, 0.3) is 0 Å². The zero-order chi connectivity index (χ0) is 7.56. The van der Waals surface area contributed by atoms with Crippen molar-refractivity contribution in [2.24, 2.45) is 0 Å². The average molecular weight is 138 g/mol. The molecular weight excluding hydrogens is 132 g/mol. The molecule has 0 bridgehead atoms. The Hall–Kier alpha value is -1.38. The Labute approximate surface area is 56.9 Å². The average Bonchev–Trinajstić information content (AvgIpc) is 1.93.